The lowest BCUT2D eigenvalue weighted by Crippen LogP contribution is -1.90. The Kier molecular flexibility index (Phi) is 1.58. The van der Waals surface area contributed by atoms with Crippen LogP contribution in [-0.4, -0.2) is 11.6 Å². The minimum Gasteiger partial charge on any atom is -0.368 e. The van der Waals surface area contributed by atoms with E-state index in [-0.39, 0.29) is 0 Å². The maximum Gasteiger partial charge on any atom is 0.107 e. The Balaban J connectivity index is 2.34. The third-order valence-corrected chi connectivity index (χ3v) is 2.56. The lowest BCUT2D eigenvalue weighted by Gasteiger charge is -2.04. The summed E-state index contributed by atoms with van der Waals surface area (Å²) in [7, 11) is 0. The Morgan fingerprint density at radius 3 is 2.93 bits per heavy atom. The molecule has 1 aliphatic rings. The van der Waals surface area contributed by atoms with Crippen LogP contribution >= 0.6 is 0 Å². The zero-order valence-corrected chi connectivity index (χ0v) is 8.03. The second-order valence-corrected chi connectivity index (χ2v) is 3.69. The Morgan fingerprint density at radius 2 is 2.14 bits per heavy atom. The average Bonchev–Trinajstić information content (AvgIpc) is 2.99. The molecule has 2 nitrogen and oxygen atoms in total. The van der Waals surface area contributed by atoms with Gasteiger partial charge in [0, 0.05) is 11.1 Å². The molecule has 1 atom stereocenters. The Labute approximate surface area is 82.5 Å². The highest BCUT2D eigenvalue weighted by Crippen LogP contribution is 2.34. The van der Waals surface area contributed by atoms with Crippen LogP contribution in [0.25, 0.3) is 10.9 Å². The van der Waals surface area contributed by atoms with Gasteiger partial charge in [0.05, 0.1) is 12.1 Å². The maximum atomic E-state index is 5.33. The lowest BCUT2D eigenvalue weighted by molar-refractivity contribution is 0.416. The molecule has 1 unspecified atom stereocenters. The molecule has 1 aliphatic heterocycles. The predicted molar refractivity (Wildman–Crippen MR) is 55.2 cm³/mol. The van der Waals surface area contributed by atoms with Gasteiger partial charge in [-0.05, 0) is 24.6 Å². The van der Waals surface area contributed by atoms with Crippen LogP contribution < -0.4 is 0 Å². The standard InChI is InChI=1S/C12H11NO/c1-8-6-10(12-7-14-12)9-4-2-3-5-11(9)13-8/h2-6,12H,7H2,1H3. The van der Waals surface area contributed by atoms with E-state index in [1.807, 2.05) is 25.1 Å². The van der Waals surface area contributed by atoms with E-state index >= 15 is 0 Å². The van der Waals surface area contributed by atoms with Gasteiger partial charge in [-0.25, -0.2) is 0 Å². The molecule has 70 valence electrons. The van der Waals surface area contributed by atoms with Crippen molar-refractivity contribution in [3.8, 4) is 0 Å². The van der Waals surface area contributed by atoms with Crippen LogP contribution in [0.1, 0.15) is 17.4 Å². The molecule has 1 fully saturated rings. The lowest BCUT2D eigenvalue weighted by atomic mass is 10.1. The summed E-state index contributed by atoms with van der Waals surface area (Å²) in [4.78, 5) is 4.49. The van der Waals surface area contributed by atoms with E-state index < -0.39 is 0 Å². The Bertz CT molecular complexity index is 489. The number of pyridine rings is 1. The van der Waals surface area contributed by atoms with E-state index in [1.54, 1.807) is 0 Å². The molecule has 1 aromatic heterocycles. The summed E-state index contributed by atoms with van der Waals surface area (Å²) < 4.78 is 5.33. The third kappa shape index (κ3) is 1.19. The fourth-order valence-corrected chi connectivity index (χ4v) is 1.83. The second-order valence-electron chi connectivity index (χ2n) is 3.69. The number of aryl methyl sites for hydroxylation is 1. The van der Waals surface area contributed by atoms with Crippen LogP contribution in [0.2, 0.25) is 0 Å². The summed E-state index contributed by atoms with van der Waals surface area (Å²) in [6.45, 7) is 2.88. The number of epoxide rings is 1. The van der Waals surface area contributed by atoms with Gasteiger partial charge in [0.25, 0.3) is 0 Å². The molecule has 1 aromatic carbocycles. The number of aromatic nitrogens is 1. The third-order valence-electron chi connectivity index (χ3n) is 2.56. The molecule has 14 heavy (non-hydrogen) atoms. The summed E-state index contributed by atoms with van der Waals surface area (Å²) in [6.07, 6.45) is 0.307. The van der Waals surface area contributed by atoms with Crippen molar-refractivity contribution >= 4 is 10.9 Å². The average molecular weight is 185 g/mol. The van der Waals surface area contributed by atoms with Gasteiger partial charge in [-0.2, -0.15) is 0 Å². The van der Waals surface area contributed by atoms with E-state index in [0.29, 0.717) is 6.10 Å². The van der Waals surface area contributed by atoms with Gasteiger partial charge < -0.3 is 4.74 Å². The van der Waals surface area contributed by atoms with Crippen LogP contribution in [0.4, 0.5) is 0 Å². The van der Waals surface area contributed by atoms with Gasteiger partial charge in [-0.1, -0.05) is 18.2 Å². The number of rotatable bonds is 1. The van der Waals surface area contributed by atoms with Gasteiger partial charge >= 0.3 is 0 Å². The first-order valence-corrected chi connectivity index (χ1v) is 4.82. The first-order chi connectivity index (χ1) is 6.84. The van der Waals surface area contributed by atoms with Gasteiger partial charge in [-0.15, -0.1) is 0 Å². The molecular formula is C12H11NO. The molecule has 2 aromatic rings. The SMILES string of the molecule is Cc1cc(C2CO2)c2ccccc2n1. The fourth-order valence-electron chi connectivity index (χ4n) is 1.83. The number of hydrogen-bond acceptors (Lipinski definition) is 2. The summed E-state index contributed by atoms with van der Waals surface area (Å²) in [6, 6.07) is 10.4. The van der Waals surface area contributed by atoms with E-state index in [4.69, 9.17) is 4.74 Å². The van der Waals surface area contributed by atoms with Gasteiger partial charge in [0.1, 0.15) is 6.10 Å². The molecule has 0 N–H and O–H groups in total. The number of fused-ring (bicyclic) bond motifs is 1. The number of ether oxygens (including phenoxy) is 1. The van der Waals surface area contributed by atoms with E-state index in [1.165, 1.54) is 10.9 Å². The van der Waals surface area contributed by atoms with Crippen LogP contribution in [0, 0.1) is 6.92 Å². The zero-order valence-electron chi connectivity index (χ0n) is 8.03. The minimum absolute atomic E-state index is 0.307. The predicted octanol–water partition coefficient (Wildman–Crippen LogP) is 2.61. The molecule has 3 rings (SSSR count). The minimum atomic E-state index is 0.307. The molecule has 0 radical (unpaired) electrons. The van der Waals surface area contributed by atoms with Crippen molar-refractivity contribution in [2.45, 2.75) is 13.0 Å². The van der Waals surface area contributed by atoms with Crippen LogP contribution in [0.3, 0.4) is 0 Å². The first-order valence-electron chi connectivity index (χ1n) is 4.82. The van der Waals surface area contributed by atoms with E-state index in [2.05, 4.69) is 17.1 Å². The topological polar surface area (TPSA) is 25.4 Å². The molecule has 0 saturated carbocycles. The summed E-state index contributed by atoms with van der Waals surface area (Å²) in [5, 5.41) is 1.22. The van der Waals surface area contributed by atoms with Crippen molar-refractivity contribution in [3.63, 3.8) is 0 Å². The van der Waals surface area contributed by atoms with Gasteiger partial charge in [-0.3, -0.25) is 4.98 Å². The fraction of sp³-hybridized carbons (Fsp3) is 0.250. The largest absolute Gasteiger partial charge is 0.368 e. The first kappa shape index (κ1) is 7.94. The van der Waals surface area contributed by atoms with E-state index in [0.717, 1.165) is 17.8 Å². The smallest absolute Gasteiger partial charge is 0.107 e. The van der Waals surface area contributed by atoms with Gasteiger partial charge in [0.2, 0.25) is 0 Å². The summed E-state index contributed by atoms with van der Waals surface area (Å²) >= 11 is 0. The van der Waals surface area contributed by atoms with E-state index in [9.17, 15) is 0 Å². The van der Waals surface area contributed by atoms with Crippen molar-refractivity contribution in [3.05, 3.63) is 41.6 Å². The molecule has 2 heteroatoms. The Hall–Kier alpha value is -1.41. The summed E-state index contributed by atoms with van der Waals surface area (Å²) in [5.74, 6) is 0. The van der Waals surface area contributed by atoms with Crippen molar-refractivity contribution < 1.29 is 4.74 Å². The second kappa shape index (κ2) is 2.79. The quantitative estimate of drug-likeness (QED) is 0.638. The molecular weight excluding hydrogens is 174 g/mol. The number of nitrogens with zero attached hydrogens (tertiary/aromatic N) is 1. The van der Waals surface area contributed by atoms with Crippen molar-refractivity contribution in [1.29, 1.82) is 0 Å². The number of para-hydroxylation sites is 1. The van der Waals surface area contributed by atoms with Crippen LogP contribution in [-0.2, 0) is 4.74 Å². The number of hydrogen-bond donors (Lipinski definition) is 0. The molecule has 2 heterocycles. The highest BCUT2D eigenvalue weighted by atomic mass is 16.6. The maximum absolute atomic E-state index is 5.33. The molecule has 1 saturated heterocycles. The molecule has 0 amide bonds. The highest BCUT2D eigenvalue weighted by molar-refractivity contribution is 5.83. The highest BCUT2D eigenvalue weighted by Gasteiger charge is 2.26. The van der Waals surface area contributed by atoms with Crippen molar-refractivity contribution in [2.24, 2.45) is 0 Å². The van der Waals surface area contributed by atoms with Crippen molar-refractivity contribution in [1.82, 2.24) is 4.98 Å². The molecule has 0 spiro atoms. The monoisotopic (exact) mass is 185 g/mol. The zero-order chi connectivity index (χ0) is 9.54. The van der Waals surface area contributed by atoms with Gasteiger partial charge in [0.15, 0.2) is 0 Å². The van der Waals surface area contributed by atoms with Crippen molar-refractivity contribution in [2.75, 3.05) is 6.61 Å². The molecule has 0 bridgehead atoms. The summed E-state index contributed by atoms with van der Waals surface area (Å²) in [5.41, 5.74) is 3.42. The van der Waals surface area contributed by atoms with Crippen LogP contribution in [0.15, 0.2) is 30.3 Å². The normalized spacial score (nSPS) is 19.9. The van der Waals surface area contributed by atoms with Crippen LogP contribution in [0.5, 0.6) is 0 Å². The number of benzene rings is 1. The molecule has 0 aliphatic carbocycles. The Morgan fingerprint density at radius 1 is 1.36 bits per heavy atom.